The van der Waals surface area contributed by atoms with Crippen LogP contribution in [0.4, 0.5) is 0 Å². The van der Waals surface area contributed by atoms with Crippen LogP contribution in [0.2, 0.25) is 0 Å². The molecule has 2 aliphatic heterocycles. The van der Waals surface area contributed by atoms with Crippen molar-refractivity contribution in [2.75, 3.05) is 26.2 Å². The van der Waals surface area contributed by atoms with Gasteiger partial charge in [0.25, 0.3) is 5.91 Å². The smallest absolute Gasteiger partial charge is 0.253 e. The summed E-state index contributed by atoms with van der Waals surface area (Å²) in [5, 5.41) is 0. The molecule has 0 radical (unpaired) electrons. The summed E-state index contributed by atoms with van der Waals surface area (Å²) in [6.07, 6.45) is 6.52. The van der Waals surface area contributed by atoms with E-state index in [2.05, 4.69) is 0 Å². The molecule has 3 rings (SSSR count). The maximum atomic E-state index is 12.8. The lowest BCUT2D eigenvalue weighted by molar-refractivity contribution is -0.136. The Morgan fingerprint density at radius 1 is 0.826 bits per heavy atom. The van der Waals surface area contributed by atoms with E-state index in [9.17, 15) is 9.59 Å². The minimum absolute atomic E-state index is 0.0190. The second kappa shape index (κ2) is 7.62. The van der Waals surface area contributed by atoms with Crippen molar-refractivity contribution in [2.45, 2.75) is 38.5 Å². The SMILES string of the molecule is O=C(c1ccccc1)N1CCC[C@@H](C(=O)N2CCCCCC2)C1. The van der Waals surface area contributed by atoms with E-state index in [0.717, 1.165) is 50.9 Å². The van der Waals surface area contributed by atoms with Gasteiger partial charge in [-0.3, -0.25) is 9.59 Å². The fraction of sp³-hybridized carbons (Fsp3) is 0.579. The van der Waals surface area contributed by atoms with Gasteiger partial charge in [0.15, 0.2) is 0 Å². The van der Waals surface area contributed by atoms with Gasteiger partial charge in [-0.25, -0.2) is 0 Å². The third kappa shape index (κ3) is 3.92. The molecule has 0 saturated carbocycles. The monoisotopic (exact) mass is 314 g/mol. The molecular formula is C19H26N2O2. The Morgan fingerprint density at radius 2 is 1.48 bits per heavy atom. The second-order valence-corrected chi connectivity index (χ2v) is 6.70. The Bertz CT molecular complexity index is 536. The quantitative estimate of drug-likeness (QED) is 0.842. The van der Waals surface area contributed by atoms with Gasteiger partial charge < -0.3 is 9.80 Å². The molecule has 1 aromatic carbocycles. The molecule has 4 nitrogen and oxygen atoms in total. The minimum atomic E-state index is -0.0190. The van der Waals surface area contributed by atoms with Crippen LogP contribution in [0.1, 0.15) is 48.9 Å². The number of hydrogen-bond donors (Lipinski definition) is 0. The number of rotatable bonds is 2. The van der Waals surface area contributed by atoms with Crippen molar-refractivity contribution in [3.05, 3.63) is 35.9 Å². The fourth-order valence-electron chi connectivity index (χ4n) is 3.68. The lowest BCUT2D eigenvalue weighted by Gasteiger charge is -2.34. The number of piperidine rings is 1. The largest absolute Gasteiger partial charge is 0.342 e. The Kier molecular flexibility index (Phi) is 5.31. The third-order valence-corrected chi connectivity index (χ3v) is 5.00. The molecule has 2 fully saturated rings. The summed E-state index contributed by atoms with van der Waals surface area (Å²) in [6, 6.07) is 9.39. The van der Waals surface area contributed by atoms with Gasteiger partial charge in [0.05, 0.1) is 5.92 Å². The van der Waals surface area contributed by atoms with E-state index < -0.39 is 0 Å². The minimum Gasteiger partial charge on any atom is -0.342 e. The zero-order chi connectivity index (χ0) is 16.1. The summed E-state index contributed by atoms with van der Waals surface area (Å²) in [5.74, 6) is 0.297. The summed E-state index contributed by atoms with van der Waals surface area (Å²) in [4.78, 5) is 29.3. The molecule has 124 valence electrons. The van der Waals surface area contributed by atoms with Crippen LogP contribution in [0.5, 0.6) is 0 Å². The van der Waals surface area contributed by atoms with Crippen LogP contribution in [0.15, 0.2) is 30.3 Å². The van der Waals surface area contributed by atoms with Crippen LogP contribution < -0.4 is 0 Å². The number of likely N-dealkylation sites (tertiary alicyclic amines) is 2. The van der Waals surface area contributed by atoms with E-state index in [1.165, 1.54) is 12.8 Å². The average molecular weight is 314 g/mol. The molecule has 2 amide bonds. The van der Waals surface area contributed by atoms with E-state index in [4.69, 9.17) is 0 Å². The standard InChI is InChI=1S/C19H26N2O2/c22-18(16-9-4-3-5-10-16)21-14-8-11-17(15-21)19(23)20-12-6-1-2-7-13-20/h3-5,9-10,17H,1-2,6-8,11-15H2/t17-/m1/s1. The Morgan fingerprint density at radius 3 is 2.17 bits per heavy atom. The summed E-state index contributed by atoms with van der Waals surface area (Å²) in [7, 11) is 0. The molecule has 0 bridgehead atoms. The summed E-state index contributed by atoms with van der Waals surface area (Å²) in [6.45, 7) is 3.12. The first-order valence-electron chi connectivity index (χ1n) is 8.89. The molecular weight excluding hydrogens is 288 g/mol. The Balaban J connectivity index is 1.63. The summed E-state index contributed by atoms with van der Waals surface area (Å²) < 4.78 is 0. The van der Waals surface area contributed by atoms with Gasteiger partial charge in [-0.15, -0.1) is 0 Å². The highest BCUT2D eigenvalue weighted by molar-refractivity contribution is 5.94. The maximum absolute atomic E-state index is 12.8. The van der Waals surface area contributed by atoms with Gasteiger partial charge in [-0.1, -0.05) is 31.0 Å². The number of amides is 2. The molecule has 0 N–H and O–H groups in total. The van der Waals surface area contributed by atoms with Crippen molar-refractivity contribution in [2.24, 2.45) is 5.92 Å². The Labute approximate surface area is 138 Å². The topological polar surface area (TPSA) is 40.6 Å². The summed E-state index contributed by atoms with van der Waals surface area (Å²) >= 11 is 0. The van der Waals surface area contributed by atoms with Gasteiger partial charge in [-0.2, -0.15) is 0 Å². The van der Waals surface area contributed by atoms with Crippen LogP contribution in [0.3, 0.4) is 0 Å². The van der Waals surface area contributed by atoms with E-state index in [1.54, 1.807) is 0 Å². The van der Waals surface area contributed by atoms with E-state index in [0.29, 0.717) is 6.54 Å². The highest BCUT2D eigenvalue weighted by Gasteiger charge is 2.31. The Hall–Kier alpha value is -1.84. The van der Waals surface area contributed by atoms with E-state index in [1.807, 2.05) is 40.1 Å². The first-order valence-corrected chi connectivity index (χ1v) is 8.89. The van der Waals surface area contributed by atoms with Gasteiger partial charge in [-0.05, 0) is 37.8 Å². The molecule has 0 aliphatic carbocycles. The molecule has 0 aromatic heterocycles. The lowest BCUT2D eigenvalue weighted by Crippen LogP contribution is -2.47. The number of carbonyl (C=O) groups is 2. The molecule has 1 atom stereocenters. The first kappa shape index (κ1) is 16.0. The predicted molar refractivity (Wildman–Crippen MR) is 90.1 cm³/mol. The molecule has 2 heterocycles. The molecule has 23 heavy (non-hydrogen) atoms. The van der Waals surface area contributed by atoms with Crippen LogP contribution in [0, 0.1) is 5.92 Å². The van der Waals surface area contributed by atoms with Crippen LogP contribution >= 0.6 is 0 Å². The normalized spacial score (nSPS) is 22.5. The fourth-order valence-corrected chi connectivity index (χ4v) is 3.68. The molecule has 1 aromatic rings. The molecule has 4 heteroatoms. The molecule has 0 unspecified atom stereocenters. The van der Waals surface area contributed by atoms with Crippen LogP contribution in [-0.4, -0.2) is 47.8 Å². The molecule has 2 aliphatic rings. The van der Waals surface area contributed by atoms with E-state index >= 15 is 0 Å². The van der Waals surface area contributed by atoms with Crippen molar-refractivity contribution < 1.29 is 9.59 Å². The predicted octanol–water partition coefficient (Wildman–Crippen LogP) is 2.94. The number of benzene rings is 1. The zero-order valence-electron chi connectivity index (χ0n) is 13.7. The number of nitrogens with zero attached hydrogens (tertiary/aromatic N) is 2. The highest BCUT2D eigenvalue weighted by Crippen LogP contribution is 2.22. The van der Waals surface area contributed by atoms with Gasteiger partial charge in [0.1, 0.15) is 0 Å². The van der Waals surface area contributed by atoms with Crippen molar-refractivity contribution >= 4 is 11.8 Å². The van der Waals surface area contributed by atoms with Gasteiger partial charge in [0.2, 0.25) is 5.91 Å². The average Bonchev–Trinajstić information content (AvgIpc) is 2.91. The van der Waals surface area contributed by atoms with Gasteiger partial charge in [0, 0.05) is 31.7 Å². The van der Waals surface area contributed by atoms with E-state index in [-0.39, 0.29) is 17.7 Å². The van der Waals surface area contributed by atoms with Crippen molar-refractivity contribution in [1.29, 1.82) is 0 Å². The third-order valence-electron chi connectivity index (χ3n) is 5.00. The molecule has 0 spiro atoms. The van der Waals surface area contributed by atoms with Gasteiger partial charge >= 0.3 is 0 Å². The van der Waals surface area contributed by atoms with Crippen molar-refractivity contribution in [3.8, 4) is 0 Å². The highest BCUT2D eigenvalue weighted by atomic mass is 16.2. The summed E-state index contributed by atoms with van der Waals surface area (Å²) in [5.41, 5.74) is 0.718. The maximum Gasteiger partial charge on any atom is 0.253 e. The van der Waals surface area contributed by atoms with Crippen LogP contribution in [-0.2, 0) is 4.79 Å². The number of carbonyl (C=O) groups excluding carboxylic acids is 2. The number of hydrogen-bond acceptors (Lipinski definition) is 2. The van der Waals surface area contributed by atoms with Crippen molar-refractivity contribution in [3.63, 3.8) is 0 Å². The van der Waals surface area contributed by atoms with Crippen molar-refractivity contribution in [1.82, 2.24) is 9.80 Å². The zero-order valence-corrected chi connectivity index (χ0v) is 13.7. The first-order chi connectivity index (χ1) is 11.3. The molecule has 2 saturated heterocycles. The second-order valence-electron chi connectivity index (χ2n) is 6.70. The van der Waals surface area contributed by atoms with Crippen LogP contribution in [0.25, 0.3) is 0 Å². The lowest BCUT2D eigenvalue weighted by atomic mass is 9.95.